The maximum Gasteiger partial charge on any atom is 0.123 e. The highest BCUT2D eigenvalue weighted by Crippen LogP contribution is 2.14. The van der Waals surface area contributed by atoms with Crippen molar-refractivity contribution < 1.29 is 9.13 Å². The minimum Gasteiger partial charge on any atom is -0.489 e. The predicted molar refractivity (Wildman–Crippen MR) is 61.9 cm³/mol. The fourth-order valence-electron chi connectivity index (χ4n) is 1.37. The third-order valence-electron chi connectivity index (χ3n) is 2.30. The molecule has 0 amide bonds. The molecule has 0 fully saturated rings. The normalized spacial score (nSPS) is 9.65. The molecule has 2 nitrogen and oxygen atoms in total. The molecule has 3 heteroatoms. The van der Waals surface area contributed by atoms with Crippen molar-refractivity contribution in [3.8, 4) is 11.8 Å². The second kappa shape index (κ2) is 5.13. The highest BCUT2D eigenvalue weighted by molar-refractivity contribution is 5.34. The molecule has 0 spiro atoms. The number of ether oxygens (including phenoxy) is 1. The summed E-state index contributed by atoms with van der Waals surface area (Å²) in [6.07, 6.45) is 0. The van der Waals surface area contributed by atoms with Crippen LogP contribution in [0.2, 0.25) is 0 Å². The molecule has 0 aromatic heterocycles. The Morgan fingerprint density at radius 2 is 1.65 bits per heavy atom. The lowest BCUT2D eigenvalue weighted by molar-refractivity contribution is 0.306. The van der Waals surface area contributed by atoms with Crippen molar-refractivity contribution in [2.24, 2.45) is 0 Å². The largest absolute Gasteiger partial charge is 0.489 e. The molecule has 17 heavy (non-hydrogen) atoms. The first-order chi connectivity index (χ1) is 8.28. The summed E-state index contributed by atoms with van der Waals surface area (Å²) in [4.78, 5) is 0. The van der Waals surface area contributed by atoms with E-state index >= 15 is 0 Å². The minimum absolute atomic E-state index is 0.257. The molecule has 84 valence electrons. The van der Waals surface area contributed by atoms with Gasteiger partial charge in [0.1, 0.15) is 18.2 Å². The SMILES string of the molecule is N#Cc1ccc(OCc2ccc(F)cc2)cc1. The fourth-order valence-corrected chi connectivity index (χ4v) is 1.37. The van der Waals surface area contributed by atoms with E-state index in [0.29, 0.717) is 17.9 Å². The van der Waals surface area contributed by atoms with Gasteiger partial charge in [0.05, 0.1) is 11.6 Å². The van der Waals surface area contributed by atoms with Crippen LogP contribution in [0, 0.1) is 17.1 Å². The molecule has 0 saturated carbocycles. The number of nitriles is 1. The van der Waals surface area contributed by atoms with Crippen LogP contribution in [0.5, 0.6) is 5.75 Å². The van der Waals surface area contributed by atoms with Gasteiger partial charge in [-0.25, -0.2) is 4.39 Å². The topological polar surface area (TPSA) is 33.0 Å². The van der Waals surface area contributed by atoms with Gasteiger partial charge in [0, 0.05) is 0 Å². The van der Waals surface area contributed by atoms with Crippen LogP contribution in [-0.2, 0) is 6.61 Å². The van der Waals surface area contributed by atoms with E-state index in [-0.39, 0.29) is 5.82 Å². The summed E-state index contributed by atoms with van der Waals surface area (Å²) in [6.45, 7) is 0.381. The van der Waals surface area contributed by atoms with Crippen molar-refractivity contribution >= 4 is 0 Å². The minimum atomic E-state index is -0.257. The molecule has 0 radical (unpaired) electrons. The van der Waals surface area contributed by atoms with Crippen LogP contribution in [-0.4, -0.2) is 0 Å². The smallest absolute Gasteiger partial charge is 0.123 e. The van der Waals surface area contributed by atoms with Crippen LogP contribution in [0.1, 0.15) is 11.1 Å². The van der Waals surface area contributed by atoms with Gasteiger partial charge in [0.25, 0.3) is 0 Å². The molecule has 0 saturated heterocycles. The van der Waals surface area contributed by atoms with Gasteiger partial charge >= 0.3 is 0 Å². The Morgan fingerprint density at radius 3 is 2.24 bits per heavy atom. The van der Waals surface area contributed by atoms with Gasteiger partial charge in [-0.2, -0.15) is 5.26 Å². The Balaban J connectivity index is 1.98. The van der Waals surface area contributed by atoms with E-state index in [0.717, 1.165) is 5.56 Å². The van der Waals surface area contributed by atoms with E-state index in [1.807, 2.05) is 6.07 Å². The average Bonchev–Trinajstić information content (AvgIpc) is 2.39. The van der Waals surface area contributed by atoms with Gasteiger partial charge in [-0.1, -0.05) is 12.1 Å². The van der Waals surface area contributed by atoms with Crippen LogP contribution < -0.4 is 4.74 Å². The van der Waals surface area contributed by atoms with Crippen LogP contribution >= 0.6 is 0 Å². The lowest BCUT2D eigenvalue weighted by Gasteiger charge is -2.05. The monoisotopic (exact) mass is 227 g/mol. The number of halogens is 1. The number of nitrogens with zero attached hydrogens (tertiary/aromatic N) is 1. The Bertz CT molecular complexity index is 526. The zero-order valence-corrected chi connectivity index (χ0v) is 9.06. The van der Waals surface area contributed by atoms with E-state index < -0.39 is 0 Å². The van der Waals surface area contributed by atoms with Crippen LogP contribution in [0.25, 0.3) is 0 Å². The average molecular weight is 227 g/mol. The van der Waals surface area contributed by atoms with Crippen molar-refractivity contribution in [1.29, 1.82) is 5.26 Å². The first kappa shape index (κ1) is 11.2. The number of hydrogen-bond donors (Lipinski definition) is 0. The second-order valence-electron chi connectivity index (χ2n) is 3.55. The van der Waals surface area contributed by atoms with Crippen LogP contribution in [0.15, 0.2) is 48.5 Å². The first-order valence-corrected chi connectivity index (χ1v) is 5.15. The van der Waals surface area contributed by atoms with Gasteiger partial charge in [-0.15, -0.1) is 0 Å². The highest BCUT2D eigenvalue weighted by atomic mass is 19.1. The third kappa shape index (κ3) is 3.05. The summed E-state index contributed by atoms with van der Waals surface area (Å²) in [5.41, 5.74) is 1.50. The summed E-state index contributed by atoms with van der Waals surface area (Å²) in [5, 5.41) is 8.64. The molecule has 2 aromatic carbocycles. The Labute approximate surface area is 98.9 Å². The summed E-state index contributed by atoms with van der Waals surface area (Å²) < 4.78 is 18.2. The van der Waals surface area contributed by atoms with Crippen LogP contribution in [0.3, 0.4) is 0 Å². The van der Waals surface area contributed by atoms with E-state index in [4.69, 9.17) is 10.00 Å². The van der Waals surface area contributed by atoms with E-state index in [2.05, 4.69) is 0 Å². The van der Waals surface area contributed by atoms with E-state index in [1.54, 1.807) is 36.4 Å². The molecule has 0 unspecified atom stereocenters. The molecule has 0 heterocycles. The van der Waals surface area contributed by atoms with Crippen LogP contribution in [0.4, 0.5) is 4.39 Å². The summed E-state index contributed by atoms with van der Waals surface area (Å²) in [5.74, 6) is 0.431. The molecule has 0 aliphatic carbocycles. The van der Waals surface area contributed by atoms with Crippen molar-refractivity contribution in [2.45, 2.75) is 6.61 Å². The summed E-state index contributed by atoms with van der Waals surface area (Å²) in [6, 6.07) is 15.1. The molecule has 0 N–H and O–H groups in total. The van der Waals surface area contributed by atoms with Gasteiger partial charge in [-0.3, -0.25) is 0 Å². The number of rotatable bonds is 3. The maximum atomic E-state index is 12.7. The third-order valence-corrected chi connectivity index (χ3v) is 2.30. The Morgan fingerprint density at radius 1 is 1.00 bits per heavy atom. The molecule has 0 aliphatic rings. The van der Waals surface area contributed by atoms with Crippen molar-refractivity contribution in [2.75, 3.05) is 0 Å². The van der Waals surface area contributed by atoms with Gasteiger partial charge in [0.2, 0.25) is 0 Å². The Kier molecular flexibility index (Phi) is 3.37. The molecule has 0 atom stereocenters. The molecule has 0 aliphatic heterocycles. The molecule has 0 bridgehead atoms. The van der Waals surface area contributed by atoms with Crippen molar-refractivity contribution in [3.05, 3.63) is 65.5 Å². The summed E-state index contributed by atoms with van der Waals surface area (Å²) >= 11 is 0. The quantitative estimate of drug-likeness (QED) is 0.806. The lowest BCUT2D eigenvalue weighted by Crippen LogP contribution is -1.95. The number of benzene rings is 2. The van der Waals surface area contributed by atoms with Crippen molar-refractivity contribution in [3.63, 3.8) is 0 Å². The molecular weight excluding hydrogens is 217 g/mol. The summed E-state index contributed by atoms with van der Waals surface area (Å²) in [7, 11) is 0. The molecule has 2 aromatic rings. The zero-order chi connectivity index (χ0) is 12.1. The molecule has 2 rings (SSSR count). The number of hydrogen-bond acceptors (Lipinski definition) is 2. The van der Waals surface area contributed by atoms with E-state index in [1.165, 1.54) is 12.1 Å². The Hall–Kier alpha value is -2.34. The van der Waals surface area contributed by atoms with Crippen molar-refractivity contribution in [1.82, 2.24) is 0 Å². The van der Waals surface area contributed by atoms with Gasteiger partial charge in [0.15, 0.2) is 0 Å². The standard InChI is InChI=1S/C14H10FNO/c15-13-5-1-12(2-6-13)10-17-14-7-3-11(9-16)4-8-14/h1-8H,10H2. The molecular formula is C14H10FNO. The first-order valence-electron chi connectivity index (χ1n) is 5.15. The van der Waals surface area contributed by atoms with Gasteiger partial charge in [-0.05, 0) is 42.0 Å². The fraction of sp³-hybridized carbons (Fsp3) is 0.0714. The second-order valence-corrected chi connectivity index (χ2v) is 3.55. The zero-order valence-electron chi connectivity index (χ0n) is 9.06. The van der Waals surface area contributed by atoms with Gasteiger partial charge < -0.3 is 4.74 Å². The van der Waals surface area contributed by atoms with E-state index in [9.17, 15) is 4.39 Å². The maximum absolute atomic E-state index is 12.7. The predicted octanol–water partition coefficient (Wildman–Crippen LogP) is 3.28. The highest BCUT2D eigenvalue weighted by Gasteiger charge is 1.97. The lowest BCUT2D eigenvalue weighted by atomic mass is 10.2.